The number of rotatable bonds is 15. The van der Waals surface area contributed by atoms with E-state index in [4.69, 9.17) is 18.9 Å². The number of hydrogen-bond acceptors (Lipinski definition) is 6. The molecule has 6 heteroatoms. The lowest BCUT2D eigenvalue weighted by atomic mass is 10.1. The van der Waals surface area contributed by atoms with E-state index in [0.29, 0.717) is 38.6 Å². The van der Waals surface area contributed by atoms with E-state index in [1.54, 1.807) is 12.2 Å². The Balaban J connectivity index is 1.42. The molecule has 0 spiro atoms. The van der Waals surface area contributed by atoms with Crippen molar-refractivity contribution >= 4 is 24.4 Å². The molecule has 0 unspecified atom stereocenters. The SMILES string of the molecule is O=C/C(=C\c1ccccc1)COCCOCCOCCOC(=O)/C=C/c1ccccc1. The molecule has 31 heavy (non-hydrogen) atoms. The Labute approximate surface area is 183 Å². The van der Waals surface area contributed by atoms with Crippen LogP contribution in [0.15, 0.2) is 72.3 Å². The summed E-state index contributed by atoms with van der Waals surface area (Å²) in [4.78, 5) is 22.7. The minimum atomic E-state index is -0.406. The van der Waals surface area contributed by atoms with Gasteiger partial charge in [0.1, 0.15) is 12.9 Å². The third-order valence-electron chi connectivity index (χ3n) is 4.00. The third-order valence-corrected chi connectivity index (χ3v) is 4.00. The molecule has 0 radical (unpaired) electrons. The standard InChI is InChI=1S/C25H28O6/c26-20-24(19-23-9-5-2-6-10-23)21-30-16-15-28-13-14-29-17-18-31-25(27)12-11-22-7-3-1-4-8-22/h1-12,19-20H,13-18,21H2/b12-11+,24-19+. The van der Waals surface area contributed by atoms with E-state index in [0.717, 1.165) is 17.4 Å². The molecule has 0 fully saturated rings. The molecule has 0 bridgehead atoms. The highest BCUT2D eigenvalue weighted by Crippen LogP contribution is 2.05. The first-order chi connectivity index (χ1) is 15.3. The largest absolute Gasteiger partial charge is 0.460 e. The van der Waals surface area contributed by atoms with Gasteiger partial charge >= 0.3 is 5.97 Å². The number of hydrogen-bond donors (Lipinski definition) is 0. The van der Waals surface area contributed by atoms with Gasteiger partial charge in [0.25, 0.3) is 0 Å². The molecule has 0 saturated carbocycles. The first kappa shape index (κ1) is 24.2. The molecular weight excluding hydrogens is 396 g/mol. The van der Waals surface area contributed by atoms with Gasteiger partial charge in [-0.1, -0.05) is 60.7 Å². The van der Waals surface area contributed by atoms with Crippen LogP contribution in [0.25, 0.3) is 12.2 Å². The highest BCUT2D eigenvalue weighted by Gasteiger charge is 1.99. The smallest absolute Gasteiger partial charge is 0.330 e. The van der Waals surface area contributed by atoms with Gasteiger partial charge in [0.05, 0.1) is 39.6 Å². The van der Waals surface area contributed by atoms with Gasteiger partial charge in [-0.15, -0.1) is 0 Å². The molecule has 0 saturated heterocycles. The highest BCUT2D eigenvalue weighted by atomic mass is 16.6. The van der Waals surface area contributed by atoms with Gasteiger partial charge in [-0.2, -0.15) is 0 Å². The summed E-state index contributed by atoms with van der Waals surface area (Å²) in [5.74, 6) is -0.406. The summed E-state index contributed by atoms with van der Waals surface area (Å²) in [6.45, 7) is 2.31. The Kier molecular flexibility index (Phi) is 12.3. The molecule has 2 rings (SSSR count). The Morgan fingerprint density at radius 2 is 1.26 bits per heavy atom. The van der Waals surface area contributed by atoms with Crippen LogP contribution < -0.4 is 0 Å². The number of aldehydes is 1. The summed E-state index contributed by atoms with van der Waals surface area (Å²) in [5, 5.41) is 0. The molecule has 0 heterocycles. The van der Waals surface area contributed by atoms with Crippen molar-refractivity contribution in [1.29, 1.82) is 0 Å². The molecule has 0 N–H and O–H groups in total. The third kappa shape index (κ3) is 11.6. The van der Waals surface area contributed by atoms with Crippen LogP contribution in [-0.4, -0.2) is 58.5 Å². The number of carbonyl (C=O) groups is 2. The van der Waals surface area contributed by atoms with Crippen LogP contribution in [0.1, 0.15) is 11.1 Å². The summed E-state index contributed by atoms with van der Waals surface area (Å²) in [5.41, 5.74) is 2.47. The van der Waals surface area contributed by atoms with E-state index < -0.39 is 5.97 Å². The van der Waals surface area contributed by atoms with E-state index in [9.17, 15) is 9.59 Å². The first-order valence-corrected chi connectivity index (χ1v) is 10.1. The monoisotopic (exact) mass is 424 g/mol. The van der Waals surface area contributed by atoms with Crippen LogP contribution in [0.2, 0.25) is 0 Å². The molecule has 0 aliphatic rings. The molecule has 0 aliphatic heterocycles. The minimum absolute atomic E-state index is 0.184. The van der Waals surface area contributed by atoms with Crippen LogP contribution in [-0.2, 0) is 28.5 Å². The van der Waals surface area contributed by atoms with Crippen molar-refractivity contribution in [2.24, 2.45) is 0 Å². The number of carbonyl (C=O) groups excluding carboxylic acids is 2. The van der Waals surface area contributed by atoms with Crippen molar-refractivity contribution in [3.05, 3.63) is 83.4 Å². The minimum Gasteiger partial charge on any atom is -0.460 e. The van der Waals surface area contributed by atoms with Crippen LogP contribution >= 0.6 is 0 Å². The Morgan fingerprint density at radius 1 is 0.710 bits per heavy atom. The van der Waals surface area contributed by atoms with Crippen LogP contribution in [0.5, 0.6) is 0 Å². The predicted octanol–water partition coefficient (Wildman–Crippen LogP) is 3.58. The van der Waals surface area contributed by atoms with Gasteiger partial charge < -0.3 is 18.9 Å². The lowest BCUT2D eigenvalue weighted by Gasteiger charge is -2.07. The molecule has 0 atom stereocenters. The zero-order valence-corrected chi connectivity index (χ0v) is 17.5. The fourth-order valence-corrected chi connectivity index (χ4v) is 2.48. The maximum absolute atomic E-state index is 11.6. The van der Waals surface area contributed by atoms with E-state index in [1.165, 1.54) is 6.08 Å². The maximum atomic E-state index is 11.6. The van der Waals surface area contributed by atoms with E-state index in [-0.39, 0.29) is 13.2 Å². The Hall–Kier alpha value is -3.06. The second-order valence-corrected chi connectivity index (χ2v) is 6.44. The Morgan fingerprint density at radius 3 is 1.87 bits per heavy atom. The molecule has 0 aliphatic carbocycles. The van der Waals surface area contributed by atoms with Crippen molar-refractivity contribution in [3.63, 3.8) is 0 Å². The van der Waals surface area contributed by atoms with Gasteiger partial charge in [-0.25, -0.2) is 4.79 Å². The van der Waals surface area contributed by atoms with Crippen LogP contribution in [0, 0.1) is 0 Å². The molecule has 0 amide bonds. The van der Waals surface area contributed by atoms with Gasteiger partial charge in [0.2, 0.25) is 0 Å². The fourth-order valence-electron chi connectivity index (χ4n) is 2.48. The molecular formula is C25H28O6. The lowest BCUT2D eigenvalue weighted by Crippen LogP contribution is -2.13. The van der Waals surface area contributed by atoms with Crippen molar-refractivity contribution in [2.75, 3.05) is 46.2 Å². The fraction of sp³-hybridized carbons (Fsp3) is 0.280. The topological polar surface area (TPSA) is 71.1 Å². The van der Waals surface area contributed by atoms with Gasteiger partial charge in [-0.05, 0) is 23.3 Å². The maximum Gasteiger partial charge on any atom is 0.330 e. The molecule has 6 nitrogen and oxygen atoms in total. The van der Waals surface area contributed by atoms with Crippen LogP contribution in [0.4, 0.5) is 0 Å². The summed E-state index contributed by atoms with van der Waals surface area (Å²) in [6.07, 6.45) is 5.69. The normalized spacial score (nSPS) is 11.5. The summed E-state index contributed by atoms with van der Waals surface area (Å²) in [7, 11) is 0. The molecule has 2 aromatic carbocycles. The zero-order valence-electron chi connectivity index (χ0n) is 17.5. The van der Waals surface area contributed by atoms with Crippen molar-refractivity contribution < 1.29 is 28.5 Å². The number of benzene rings is 2. The van der Waals surface area contributed by atoms with Crippen molar-refractivity contribution in [1.82, 2.24) is 0 Å². The number of esters is 1. The highest BCUT2D eigenvalue weighted by molar-refractivity contribution is 5.87. The van der Waals surface area contributed by atoms with Crippen molar-refractivity contribution in [2.45, 2.75) is 0 Å². The van der Waals surface area contributed by atoms with Gasteiger partial charge in [0, 0.05) is 11.6 Å². The summed E-state index contributed by atoms with van der Waals surface area (Å²) >= 11 is 0. The van der Waals surface area contributed by atoms with Crippen LogP contribution in [0.3, 0.4) is 0 Å². The predicted molar refractivity (Wildman–Crippen MR) is 119 cm³/mol. The van der Waals surface area contributed by atoms with E-state index in [1.807, 2.05) is 60.7 Å². The summed E-state index contributed by atoms with van der Waals surface area (Å²) in [6, 6.07) is 19.1. The van der Waals surface area contributed by atoms with E-state index >= 15 is 0 Å². The quantitative estimate of drug-likeness (QED) is 0.188. The molecule has 164 valence electrons. The summed E-state index contributed by atoms with van der Waals surface area (Å²) < 4.78 is 21.3. The second kappa shape index (κ2) is 15.7. The molecule has 2 aromatic rings. The second-order valence-electron chi connectivity index (χ2n) is 6.44. The van der Waals surface area contributed by atoms with Gasteiger partial charge in [-0.3, -0.25) is 4.79 Å². The first-order valence-electron chi connectivity index (χ1n) is 10.1. The van der Waals surface area contributed by atoms with Gasteiger partial charge in [0.15, 0.2) is 0 Å². The lowest BCUT2D eigenvalue weighted by molar-refractivity contribution is -0.139. The molecule has 0 aromatic heterocycles. The average Bonchev–Trinajstić information content (AvgIpc) is 2.81. The number of ether oxygens (including phenoxy) is 4. The Bertz CT molecular complexity index is 814. The van der Waals surface area contributed by atoms with Crippen molar-refractivity contribution in [3.8, 4) is 0 Å². The van der Waals surface area contributed by atoms with E-state index in [2.05, 4.69) is 0 Å². The zero-order chi connectivity index (χ0) is 22.0. The average molecular weight is 424 g/mol.